The van der Waals surface area contributed by atoms with Crippen molar-refractivity contribution in [3.63, 3.8) is 0 Å². The largest absolute Gasteiger partial charge is 2.00 e. The first-order valence-corrected chi connectivity index (χ1v) is 13.1. The van der Waals surface area contributed by atoms with Crippen LogP contribution in [0.1, 0.15) is 0 Å². The molecular weight excluding hydrogens is 391 g/mol. The van der Waals surface area contributed by atoms with Crippen LogP contribution in [-0.4, -0.2) is 69.2 Å². The molecule has 0 aliphatic rings. The Hall–Kier alpha value is 5.70. The zero-order chi connectivity index (χ0) is 9.00. The van der Waals surface area contributed by atoms with E-state index in [2.05, 4.69) is 97.1 Å². The van der Waals surface area contributed by atoms with E-state index < -0.39 is 7.29 Å². The summed E-state index contributed by atoms with van der Waals surface area (Å²) in [6.45, 7) is 0. The summed E-state index contributed by atoms with van der Waals surface area (Å²) in [6, 6.07) is 0. The fourth-order valence-electron chi connectivity index (χ4n) is 0. The Bertz CT molecular complexity index is 130. The van der Waals surface area contributed by atoms with Crippen LogP contribution in [0.25, 0.3) is 0 Å². The summed E-state index contributed by atoms with van der Waals surface area (Å²) in [7, 11) is 0. The second-order valence-electron chi connectivity index (χ2n) is 0.894. The molecule has 0 N–H and O–H groups in total. The van der Waals surface area contributed by atoms with E-state index >= 15 is 0 Å². The molecule has 0 aromatic rings. The Balaban J connectivity index is -0.0000000267. The Labute approximate surface area is 170 Å². The summed E-state index contributed by atoms with van der Waals surface area (Å²) < 4.78 is -4.11. The molecule has 0 aromatic carbocycles. The molecule has 0 spiro atoms. The predicted octanol–water partition coefficient (Wildman–Crippen LogP) is 0.561. The average molecular weight is 391 g/mol. The van der Waals surface area contributed by atoms with Gasteiger partial charge in [-0.1, -0.05) is 0 Å². The van der Waals surface area contributed by atoms with E-state index in [1.165, 1.54) is 0 Å². The van der Waals surface area contributed by atoms with Crippen molar-refractivity contribution in [3.05, 3.63) is 0 Å². The van der Waals surface area contributed by atoms with E-state index in [1.807, 2.05) is 0 Å². The fraction of sp³-hybridized carbons (Fsp3) is 0. The van der Waals surface area contributed by atoms with Crippen molar-refractivity contribution in [2.24, 2.45) is 0 Å². The Morgan fingerprint density at radius 2 is 0.538 bits per heavy atom. The van der Waals surface area contributed by atoms with Gasteiger partial charge in [-0.25, -0.2) is 0 Å². The molecule has 0 atom stereocenters. The Morgan fingerprint density at radius 3 is 0.538 bits per heavy atom. The van der Waals surface area contributed by atoms with Crippen molar-refractivity contribution < 1.29 is 0 Å². The zero-order valence-electron chi connectivity index (χ0n) is 6.28. The van der Waals surface area contributed by atoms with Gasteiger partial charge in [-0.15, -0.1) is 0 Å². The topological polar surface area (TPSA) is 0 Å². The minimum atomic E-state index is -2.06. The van der Waals surface area contributed by atoms with E-state index in [-0.39, 0.29) is 69.2 Å². The second kappa shape index (κ2) is 15.8. The fourth-order valence-corrected chi connectivity index (χ4v) is 0. The number of hydrogen-bond acceptors (Lipinski definition) is 8. The maximum absolute atomic E-state index is 4.38. The SMILES string of the molecule is S=P([S-])([S-])[S-].S=P([S-])([S-])[S-].[Mg+2].[Mg+2].[Mg+2]. The molecule has 0 nitrogen and oxygen atoms in total. The van der Waals surface area contributed by atoms with Gasteiger partial charge in [0.1, 0.15) is 0 Å². The molecule has 0 aliphatic heterocycles. The van der Waals surface area contributed by atoms with Crippen molar-refractivity contribution >= 4 is 174 Å². The molecular formula is Mg3P2S8. The van der Waals surface area contributed by atoms with Crippen LogP contribution in [0.4, 0.5) is 0 Å². The zero-order valence-corrected chi connectivity index (χ0v) is 18.8. The van der Waals surface area contributed by atoms with Gasteiger partial charge in [-0.2, -0.15) is 23.6 Å². The van der Waals surface area contributed by atoms with Gasteiger partial charge >= 0.3 is 69.2 Å². The van der Waals surface area contributed by atoms with Gasteiger partial charge in [-0.05, 0) is 0 Å². The molecule has 0 amide bonds. The minimum absolute atomic E-state index is 0. The molecule has 0 rings (SSSR count). The average Bonchev–Trinajstić information content (AvgIpc) is 1.12. The van der Waals surface area contributed by atoms with Crippen molar-refractivity contribution in [1.82, 2.24) is 0 Å². The first-order valence-electron chi connectivity index (χ1n) is 1.46. The quantitative estimate of drug-likeness (QED) is 0.330. The first-order chi connectivity index (χ1) is 4.00. The molecule has 0 fully saturated rings. The summed E-state index contributed by atoms with van der Waals surface area (Å²) in [5.74, 6) is 0. The third kappa shape index (κ3) is 134. The monoisotopic (exact) mass is 390 g/mol. The minimum Gasteiger partial charge on any atom is -0.794 e. The first kappa shape index (κ1) is 31.2. The summed E-state index contributed by atoms with van der Waals surface area (Å²) in [5, 5.41) is 0. The van der Waals surface area contributed by atoms with Gasteiger partial charge in [0.2, 0.25) is 0 Å². The van der Waals surface area contributed by atoms with Gasteiger partial charge in [-0.3, -0.25) is 0 Å². The molecule has 0 aliphatic carbocycles. The number of hydrogen-bond donors (Lipinski definition) is 0. The van der Waals surface area contributed by atoms with Gasteiger partial charge < -0.3 is 80.8 Å². The van der Waals surface area contributed by atoms with Crippen LogP contribution >= 0.6 is 7.29 Å². The molecule has 0 bridgehead atoms. The van der Waals surface area contributed by atoms with Crippen LogP contribution < -0.4 is 0 Å². The van der Waals surface area contributed by atoms with Crippen LogP contribution in [0, 0.1) is 0 Å². The van der Waals surface area contributed by atoms with Crippen molar-refractivity contribution in [1.29, 1.82) is 0 Å². The van der Waals surface area contributed by atoms with Gasteiger partial charge in [0.25, 0.3) is 0 Å². The number of rotatable bonds is 0. The van der Waals surface area contributed by atoms with E-state index in [1.54, 1.807) is 0 Å². The van der Waals surface area contributed by atoms with Crippen LogP contribution in [0.15, 0.2) is 0 Å². The third-order valence-corrected chi connectivity index (χ3v) is 0. The summed E-state index contributed by atoms with van der Waals surface area (Å²) in [6.07, 6.45) is 0. The van der Waals surface area contributed by atoms with Gasteiger partial charge in [0, 0.05) is 0 Å². The summed E-state index contributed by atoms with van der Waals surface area (Å²) in [4.78, 5) is 0. The van der Waals surface area contributed by atoms with Gasteiger partial charge in [0.15, 0.2) is 0 Å². The molecule has 13 heavy (non-hydrogen) atoms. The van der Waals surface area contributed by atoms with Crippen LogP contribution in [0.2, 0.25) is 0 Å². The predicted molar refractivity (Wildman–Crippen MR) is 90.0 cm³/mol. The maximum Gasteiger partial charge on any atom is 2.00 e. The van der Waals surface area contributed by atoms with Crippen molar-refractivity contribution in [2.45, 2.75) is 0 Å². The van der Waals surface area contributed by atoms with E-state index in [9.17, 15) is 0 Å². The molecule has 0 aromatic heterocycles. The van der Waals surface area contributed by atoms with E-state index in [0.29, 0.717) is 0 Å². The van der Waals surface area contributed by atoms with Gasteiger partial charge in [0.05, 0.1) is 0 Å². The standard InChI is InChI=1S/3Mg.2H3PS4/c;;;2*2-1(3,4)5/h;;;2*(H3,2,3,4,5)/q3*+2;;/p-6. The van der Waals surface area contributed by atoms with E-state index in [4.69, 9.17) is 0 Å². The molecule has 0 heterocycles. The molecule has 0 saturated carbocycles. The molecule has 0 unspecified atom stereocenters. The molecule has 13 heteroatoms. The molecule has 0 radical (unpaired) electrons. The molecule has 64 valence electrons. The smallest absolute Gasteiger partial charge is 0.794 e. The van der Waals surface area contributed by atoms with Crippen molar-refractivity contribution in [2.75, 3.05) is 0 Å². The normalized spacial score (nSPS) is 9.08. The second-order valence-corrected chi connectivity index (χ2v) is 24.1. The maximum atomic E-state index is 4.38. The van der Waals surface area contributed by atoms with Crippen LogP contribution in [-0.2, 0) is 97.1 Å². The summed E-state index contributed by atoms with van der Waals surface area (Å²) >= 11 is 35.1. The third-order valence-electron chi connectivity index (χ3n) is 0. The molecule has 0 saturated heterocycles. The Kier molecular flexibility index (Phi) is 37.8. The summed E-state index contributed by atoms with van der Waals surface area (Å²) in [5.41, 5.74) is 0. The Morgan fingerprint density at radius 1 is 0.538 bits per heavy atom. The van der Waals surface area contributed by atoms with Crippen LogP contribution in [0.5, 0.6) is 0 Å². The van der Waals surface area contributed by atoms with Crippen molar-refractivity contribution in [3.8, 4) is 0 Å². The van der Waals surface area contributed by atoms with Crippen LogP contribution in [0.3, 0.4) is 0 Å². The van der Waals surface area contributed by atoms with E-state index in [0.717, 1.165) is 0 Å².